The lowest BCUT2D eigenvalue weighted by atomic mass is 9.33. The number of aryl methyl sites for hydroxylation is 1. The van der Waals surface area contributed by atoms with Crippen molar-refractivity contribution in [3.05, 3.63) is 137 Å². The summed E-state index contributed by atoms with van der Waals surface area (Å²) in [5.41, 5.74) is 9.68. The van der Waals surface area contributed by atoms with E-state index in [0.29, 0.717) is 79.0 Å². The highest BCUT2D eigenvalue weighted by Gasteiger charge is 2.67. The minimum absolute atomic E-state index is 0.0412. The van der Waals surface area contributed by atoms with Crippen LogP contribution in [0.3, 0.4) is 0 Å². The van der Waals surface area contributed by atoms with E-state index in [4.69, 9.17) is 9.47 Å². The molecule has 0 radical (unpaired) electrons. The number of benzene rings is 4. The first-order valence-electron chi connectivity index (χ1n) is 31.1. The van der Waals surface area contributed by atoms with Crippen molar-refractivity contribution in [2.45, 2.75) is 107 Å². The van der Waals surface area contributed by atoms with Gasteiger partial charge in [-0.05, 0) is 153 Å². The number of ether oxygens (including phenoxy) is 2. The highest BCUT2D eigenvalue weighted by atomic mass is 32.2. The van der Waals surface area contributed by atoms with E-state index in [0.717, 1.165) is 106 Å². The monoisotopic (exact) mass is 1210 g/mol. The highest BCUT2D eigenvalue weighted by molar-refractivity contribution is 7.99. The Morgan fingerprint density at radius 1 is 0.779 bits per heavy atom. The summed E-state index contributed by atoms with van der Waals surface area (Å²) in [6.07, 6.45) is 9.66. The van der Waals surface area contributed by atoms with E-state index in [9.17, 15) is 27.6 Å². The molecule has 19 heteroatoms. The zero-order chi connectivity index (χ0) is 60.2. The van der Waals surface area contributed by atoms with Crippen LogP contribution in [0, 0.1) is 23.2 Å². The molecule has 8 aliphatic rings. The van der Waals surface area contributed by atoms with Gasteiger partial charge < -0.3 is 35.2 Å². The molecule has 3 saturated heterocycles. The summed E-state index contributed by atoms with van der Waals surface area (Å²) in [6, 6.07) is 27.0. The molecule has 4 amide bonds. The molecule has 1 unspecified atom stereocenters. The maximum absolute atomic E-state index is 13.7. The molecule has 4 aromatic rings. The van der Waals surface area contributed by atoms with Crippen molar-refractivity contribution in [2.24, 2.45) is 16.2 Å². The number of imide groups is 1. The van der Waals surface area contributed by atoms with Crippen LogP contribution < -0.4 is 25.6 Å². The fourth-order valence-corrected chi connectivity index (χ4v) is 16.4. The molecule has 2 atom stereocenters. The van der Waals surface area contributed by atoms with E-state index < -0.39 is 39.7 Å². The van der Waals surface area contributed by atoms with Gasteiger partial charge in [-0.3, -0.25) is 33.9 Å². The molecule has 0 spiro atoms. The number of thioether (sulfide) groups is 1. The average molecular weight is 1210 g/mol. The molecule has 460 valence electrons. The van der Waals surface area contributed by atoms with Crippen molar-refractivity contribution in [1.29, 1.82) is 0 Å². The number of piperidine rings is 1. The molecule has 0 aromatic heterocycles. The number of sulfonamides is 1. The van der Waals surface area contributed by atoms with Crippen molar-refractivity contribution >= 4 is 62.5 Å². The van der Waals surface area contributed by atoms with Crippen molar-refractivity contribution in [1.82, 2.24) is 29.6 Å². The standard InChI is InChI=1S/C67H87N9O8S2/c1-47-40-54(86(81,82)71-61(77)49-15-17-52(18-16-49)75-33-31-74(32-34-75)42-50-22-24-65(3,4)41-56(50)67-44-66(5,45-67)46-67)19-20-57(47)70-51(43-85-53-10-7-6-8-11-53)23-26-72-27-29-73(30-28-72)35-37-84-39-38-83-36-25-68-58-13-9-12-55-60(58)64(80)76(63(55)79)59-21-14-48(2)69-62(59)78/h6-13,15-20,40,51,59,68,70H,2,14,21-39,41-46H2,1,3-5H3,(H,69,78)(H,71,77)/t51-,59?,66?,67?/m1/s1. The van der Waals surface area contributed by atoms with Gasteiger partial charge in [0.15, 0.2) is 0 Å². The number of nitrogens with one attached hydrogen (secondary N) is 4. The molecule has 4 heterocycles. The number of rotatable bonds is 26. The summed E-state index contributed by atoms with van der Waals surface area (Å²) in [7, 11) is -4.15. The number of hydrogen-bond donors (Lipinski definition) is 4. The molecule has 4 aromatic carbocycles. The molecular weight excluding hydrogens is 1120 g/mol. The molecule has 2 bridgehead atoms. The van der Waals surface area contributed by atoms with Crippen LogP contribution in [-0.4, -0.2) is 174 Å². The lowest BCUT2D eigenvalue weighted by Crippen LogP contribution is -2.61. The summed E-state index contributed by atoms with van der Waals surface area (Å²) in [5.74, 6) is -1.17. The third-order valence-corrected chi connectivity index (χ3v) is 21.5. The summed E-state index contributed by atoms with van der Waals surface area (Å²) in [6.45, 7) is 25.7. The first kappa shape index (κ1) is 61.6. The number of amides is 4. The molecule has 17 nitrogen and oxygen atoms in total. The normalized spacial score (nSPS) is 23.8. The van der Waals surface area contributed by atoms with E-state index in [1.54, 1.807) is 59.8 Å². The fourth-order valence-electron chi connectivity index (χ4n) is 14.4. The number of carbonyl (C=O) groups is 4. The molecule has 4 aliphatic carbocycles. The summed E-state index contributed by atoms with van der Waals surface area (Å²) in [5, 5.41) is 9.66. The molecule has 12 rings (SSSR count). The molecule has 4 aliphatic heterocycles. The van der Waals surface area contributed by atoms with Gasteiger partial charge in [-0.15, -0.1) is 11.8 Å². The lowest BCUT2D eigenvalue weighted by Gasteiger charge is -2.72. The number of carbonyl (C=O) groups excluding carboxylic acids is 4. The van der Waals surface area contributed by atoms with Crippen molar-refractivity contribution < 1.29 is 37.1 Å². The first-order valence-corrected chi connectivity index (χ1v) is 33.5. The number of nitrogens with zero attached hydrogens (tertiary/aromatic N) is 5. The van der Waals surface area contributed by atoms with Crippen LogP contribution in [0.5, 0.6) is 0 Å². The second kappa shape index (κ2) is 26.3. The number of anilines is 3. The van der Waals surface area contributed by atoms with Gasteiger partial charge in [0.1, 0.15) is 6.04 Å². The topological polar surface area (TPSA) is 185 Å². The van der Waals surface area contributed by atoms with Crippen LogP contribution in [-0.2, 0) is 24.3 Å². The van der Waals surface area contributed by atoms with E-state index in [1.807, 2.05) is 48.9 Å². The Hall–Kier alpha value is -6.06. The van der Waals surface area contributed by atoms with Crippen LogP contribution in [0.15, 0.2) is 124 Å². The highest BCUT2D eigenvalue weighted by Crippen LogP contribution is 2.77. The summed E-state index contributed by atoms with van der Waals surface area (Å²) >= 11 is 1.80. The summed E-state index contributed by atoms with van der Waals surface area (Å²) in [4.78, 5) is 65.0. The van der Waals surface area contributed by atoms with Crippen LogP contribution in [0.25, 0.3) is 0 Å². The predicted octanol–water partition coefficient (Wildman–Crippen LogP) is 9.05. The Balaban J connectivity index is 0.589. The SMILES string of the molecule is C=C1CCC(N2C(=O)c3cccc(NCCOCCOCCN4CCN(CC[C@H](CSc5ccccc5)Nc5ccc(S(=O)(=O)NC(=O)c6ccc(N7CCN(CC8=C(C9%10CC(C)(C9)C%10)CC(C)(C)CC8)CC7)cc6)cc5C)CC4)c3C2=O)C(=O)N1. The molecule has 3 saturated carbocycles. The maximum Gasteiger partial charge on any atom is 0.264 e. The van der Waals surface area contributed by atoms with Crippen molar-refractivity contribution in [3.63, 3.8) is 0 Å². The van der Waals surface area contributed by atoms with E-state index in [-0.39, 0.29) is 22.1 Å². The quantitative estimate of drug-likeness (QED) is 0.0202. The smallest absolute Gasteiger partial charge is 0.264 e. The Labute approximate surface area is 513 Å². The molecule has 86 heavy (non-hydrogen) atoms. The van der Waals surface area contributed by atoms with E-state index in [1.165, 1.54) is 43.4 Å². The number of allylic oxidation sites excluding steroid dienone is 2. The van der Waals surface area contributed by atoms with Gasteiger partial charge >= 0.3 is 0 Å². The second-order valence-corrected chi connectivity index (χ2v) is 29.0. The number of piperazine rings is 2. The van der Waals surface area contributed by atoms with Crippen molar-refractivity contribution in [3.8, 4) is 0 Å². The van der Waals surface area contributed by atoms with Gasteiger partial charge in [0.25, 0.3) is 27.7 Å². The zero-order valence-corrected chi connectivity index (χ0v) is 52.4. The van der Waals surface area contributed by atoms with Crippen LogP contribution in [0.4, 0.5) is 17.1 Å². The maximum atomic E-state index is 13.7. The van der Waals surface area contributed by atoms with Gasteiger partial charge in [0, 0.05) is 124 Å². The van der Waals surface area contributed by atoms with Gasteiger partial charge in [-0.2, -0.15) is 0 Å². The van der Waals surface area contributed by atoms with Gasteiger partial charge in [0.2, 0.25) is 5.91 Å². The fraction of sp³-hybridized carbons (Fsp3) is 0.522. The third-order valence-electron chi connectivity index (χ3n) is 19.0. The third kappa shape index (κ3) is 14.2. The van der Waals surface area contributed by atoms with Crippen LogP contribution in [0.1, 0.15) is 115 Å². The lowest BCUT2D eigenvalue weighted by molar-refractivity contribution is -0.167. The average Bonchev–Trinajstić information content (AvgIpc) is 0.811. The molecule has 4 N–H and O–H groups in total. The number of fused-ring (bicyclic) bond motifs is 1. The van der Waals surface area contributed by atoms with Crippen LogP contribution >= 0.6 is 11.8 Å². The Bertz CT molecular complexity index is 3280. The first-order chi connectivity index (χ1) is 41.3. The Morgan fingerprint density at radius 2 is 1.48 bits per heavy atom. The van der Waals surface area contributed by atoms with Gasteiger partial charge in [-0.1, -0.05) is 62.8 Å². The Kier molecular flexibility index (Phi) is 18.9. The Morgan fingerprint density at radius 3 is 2.17 bits per heavy atom. The zero-order valence-electron chi connectivity index (χ0n) is 50.7. The van der Waals surface area contributed by atoms with Gasteiger partial charge in [-0.25, -0.2) is 13.1 Å². The second-order valence-electron chi connectivity index (χ2n) is 26.2. The van der Waals surface area contributed by atoms with E-state index >= 15 is 0 Å². The van der Waals surface area contributed by atoms with E-state index in [2.05, 4.69) is 79.8 Å². The summed E-state index contributed by atoms with van der Waals surface area (Å²) < 4.78 is 41.5. The van der Waals surface area contributed by atoms with Crippen LogP contribution in [0.2, 0.25) is 0 Å². The minimum atomic E-state index is -4.15. The largest absolute Gasteiger partial charge is 0.382 e. The molecule has 6 fully saturated rings. The van der Waals surface area contributed by atoms with Crippen molar-refractivity contribution in [2.75, 3.05) is 126 Å². The molecular formula is C67H87N9O8S2. The minimum Gasteiger partial charge on any atom is -0.382 e. The number of hydrogen-bond acceptors (Lipinski definition) is 15. The van der Waals surface area contributed by atoms with Gasteiger partial charge in [0.05, 0.1) is 42.4 Å². The predicted molar refractivity (Wildman–Crippen MR) is 339 cm³/mol.